The van der Waals surface area contributed by atoms with Crippen LogP contribution in [0.2, 0.25) is 0 Å². The van der Waals surface area contributed by atoms with Gasteiger partial charge in [-0.05, 0) is 42.4 Å². The van der Waals surface area contributed by atoms with Gasteiger partial charge in [-0.25, -0.2) is 0 Å². The van der Waals surface area contributed by atoms with Crippen LogP contribution < -0.4 is 5.32 Å². The average Bonchev–Trinajstić information content (AvgIpc) is 3.25. The first-order valence-electron chi connectivity index (χ1n) is 10.3. The minimum absolute atomic E-state index is 0.213. The Kier molecular flexibility index (Phi) is 6.49. The lowest BCUT2D eigenvalue weighted by atomic mass is 10.00. The summed E-state index contributed by atoms with van der Waals surface area (Å²) >= 11 is 0. The van der Waals surface area contributed by atoms with E-state index in [9.17, 15) is 9.90 Å². The van der Waals surface area contributed by atoms with Crippen molar-refractivity contribution in [1.82, 2.24) is 20.4 Å². The van der Waals surface area contributed by atoms with Crippen LogP contribution in [0.3, 0.4) is 0 Å². The molecule has 0 radical (unpaired) electrons. The maximum absolute atomic E-state index is 12.5. The maximum Gasteiger partial charge on any atom is 0.253 e. The zero-order chi connectivity index (χ0) is 20.1. The standard InChI is InChI=1S/C22H28N4O3/c27-21(14-26-7-5-17-3-1-2-4-18(17)13-26)12-23-22(28)19-10-20(25-24-11-19)9-16-6-8-29-15-16/h1-4,10-11,16,21,27H,5-9,12-15H2,(H,23,28)/t16?,21-/m0/s1. The van der Waals surface area contributed by atoms with E-state index < -0.39 is 6.10 Å². The molecule has 1 saturated heterocycles. The van der Waals surface area contributed by atoms with E-state index >= 15 is 0 Å². The van der Waals surface area contributed by atoms with Gasteiger partial charge in [-0.1, -0.05) is 24.3 Å². The number of ether oxygens (including phenoxy) is 1. The van der Waals surface area contributed by atoms with Crippen molar-refractivity contribution in [3.05, 3.63) is 58.9 Å². The van der Waals surface area contributed by atoms with Crippen molar-refractivity contribution >= 4 is 5.91 Å². The van der Waals surface area contributed by atoms with Gasteiger partial charge in [0.25, 0.3) is 5.91 Å². The fraction of sp³-hybridized carbons (Fsp3) is 0.500. The largest absolute Gasteiger partial charge is 0.390 e. The van der Waals surface area contributed by atoms with Crippen LogP contribution in [0.15, 0.2) is 36.5 Å². The molecule has 29 heavy (non-hydrogen) atoms. The van der Waals surface area contributed by atoms with Crippen LogP contribution >= 0.6 is 0 Å². The second kappa shape index (κ2) is 9.43. The molecular formula is C22H28N4O3. The van der Waals surface area contributed by atoms with Gasteiger partial charge in [0.2, 0.25) is 0 Å². The SMILES string of the molecule is O=C(NC[C@H](O)CN1CCc2ccccc2C1)c1cnnc(CC2CCOC2)c1. The lowest BCUT2D eigenvalue weighted by Gasteiger charge is -2.30. The summed E-state index contributed by atoms with van der Waals surface area (Å²) in [5.41, 5.74) is 3.99. The number of benzene rings is 1. The number of aliphatic hydroxyl groups excluding tert-OH is 1. The number of amides is 1. The lowest BCUT2D eigenvalue weighted by molar-refractivity contribution is 0.0841. The normalized spacial score (nSPS) is 20.2. The number of nitrogens with zero attached hydrogens (tertiary/aromatic N) is 3. The molecule has 2 aliphatic heterocycles. The predicted octanol–water partition coefficient (Wildman–Crippen LogP) is 1.20. The number of aliphatic hydroxyl groups is 1. The average molecular weight is 396 g/mol. The molecule has 154 valence electrons. The van der Waals surface area contributed by atoms with Gasteiger partial charge in [0.05, 0.1) is 23.6 Å². The summed E-state index contributed by atoms with van der Waals surface area (Å²) in [6, 6.07) is 10.2. The summed E-state index contributed by atoms with van der Waals surface area (Å²) in [5, 5.41) is 21.3. The van der Waals surface area contributed by atoms with Crippen molar-refractivity contribution in [3.8, 4) is 0 Å². The van der Waals surface area contributed by atoms with Gasteiger partial charge in [0, 0.05) is 39.4 Å². The number of rotatable bonds is 7. The predicted molar refractivity (Wildman–Crippen MR) is 108 cm³/mol. The molecule has 3 heterocycles. The van der Waals surface area contributed by atoms with Crippen molar-refractivity contribution in [2.24, 2.45) is 5.92 Å². The molecule has 1 fully saturated rings. The Hall–Kier alpha value is -2.35. The summed E-state index contributed by atoms with van der Waals surface area (Å²) < 4.78 is 5.39. The third-order valence-electron chi connectivity index (χ3n) is 5.67. The third-order valence-corrected chi connectivity index (χ3v) is 5.67. The lowest BCUT2D eigenvalue weighted by Crippen LogP contribution is -2.42. The molecule has 7 nitrogen and oxygen atoms in total. The highest BCUT2D eigenvalue weighted by molar-refractivity contribution is 5.93. The van der Waals surface area contributed by atoms with Gasteiger partial charge in [-0.15, -0.1) is 0 Å². The summed E-state index contributed by atoms with van der Waals surface area (Å²) in [4.78, 5) is 14.7. The second-order valence-electron chi connectivity index (χ2n) is 7.99. The number of hydrogen-bond acceptors (Lipinski definition) is 6. The van der Waals surface area contributed by atoms with Gasteiger partial charge in [0.15, 0.2) is 0 Å². The van der Waals surface area contributed by atoms with E-state index in [-0.39, 0.29) is 12.5 Å². The highest BCUT2D eigenvalue weighted by Crippen LogP contribution is 2.19. The fourth-order valence-electron chi connectivity index (χ4n) is 4.06. The molecule has 1 aromatic carbocycles. The highest BCUT2D eigenvalue weighted by Gasteiger charge is 2.20. The number of carbonyl (C=O) groups excluding carboxylic acids is 1. The van der Waals surface area contributed by atoms with Crippen LogP contribution in [0.4, 0.5) is 0 Å². The summed E-state index contributed by atoms with van der Waals surface area (Å²) in [6.07, 6.45) is 3.64. The van der Waals surface area contributed by atoms with E-state index in [2.05, 4.69) is 44.7 Å². The van der Waals surface area contributed by atoms with Crippen molar-refractivity contribution in [2.75, 3.05) is 32.8 Å². The molecule has 2 aliphatic rings. The minimum Gasteiger partial charge on any atom is -0.390 e. The molecule has 1 unspecified atom stereocenters. The quantitative estimate of drug-likeness (QED) is 0.731. The van der Waals surface area contributed by atoms with Crippen molar-refractivity contribution < 1.29 is 14.6 Å². The molecule has 1 amide bonds. The van der Waals surface area contributed by atoms with Gasteiger partial charge < -0.3 is 15.2 Å². The smallest absolute Gasteiger partial charge is 0.253 e. The van der Waals surface area contributed by atoms with Gasteiger partial charge in [0.1, 0.15) is 0 Å². The third kappa shape index (κ3) is 5.38. The first kappa shape index (κ1) is 19.9. The van der Waals surface area contributed by atoms with Crippen LogP contribution in [-0.2, 0) is 24.1 Å². The Morgan fingerprint density at radius 1 is 1.34 bits per heavy atom. The summed E-state index contributed by atoms with van der Waals surface area (Å²) in [5.74, 6) is 0.214. The Balaban J connectivity index is 1.25. The summed E-state index contributed by atoms with van der Waals surface area (Å²) in [7, 11) is 0. The van der Waals surface area contributed by atoms with Gasteiger partial charge >= 0.3 is 0 Å². The first-order valence-corrected chi connectivity index (χ1v) is 10.3. The Morgan fingerprint density at radius 3 is 3.03 bits per heavy atom. The second-order valence-corrected chi connectivity index (χ2v) is 7.99. The zero-order valence-corrected chi connectivity index (χ0v) is 16.6. The topological polar surface area (TPSA) is 87.6 Å². The molecule has 1 aromatic heterocycles. The molecule has 2 atom stereocenters. The molecule has 0 spiro atoms. The molecule has 2 N–H and O–H groups in total. The van der Waals surface area contributed by atoms with Crippen molar-refractivity contribution in [1.29, 1.82) is 0 Å². The highest BCUT2D eigenvalue weighted by atomic mass is 16.5. The molecular weight excluding hydrogens is 368 g/mol. The Bertz CT molecular complexity index is 838. The van der Waals surface area contributed by atoms with Crippen molar-refractivity contribution in [3.63, 3.8) is 0 Å². The molecule has 0 aliphatic carbocycles. The summed E-state index contributed by atoms with van der Waals surface area (Å²) in [6.45, 7) is 4.04. The molecule has 0 bridgehead atoms. The van der Waals surface area contributed by atoms with E-state index in [4.69, 9.17) is 4.74 Å². The minimum atomic E-state index is -0.617. The number of nitrogens with one attached hydrogen (secondary N) is 1. The monoisotopic (exact) mass is 396 g/mol. The number of fused-ring (bicyclic) bond motifs is 1. The fourth-order valence-corrected chi connectivity index (χ4v) is 4.06. The van der Waals surface area contributed by atoms with E-state index in [1.165, 1.54) is 17.3 Å². The van der Waals surface area contributed by atoms with Crippen LogP contribution in [0.1, 0.15) is 33.6 Å². The van der Waals surface area contributed by atoms with E-state index in [1.54, 1.807) is 6.07 Å². The number of aromatic nitrogens is 2. The van der Waals surface area contributed by atoms with E-state index in [1.807, 2.05) is 0 Å². The number of carbonyl (C=O) groups is 1. The van der Waals surface area contributed by atoms with Crippen LogP contribution in [0, 0.1) is 5.92 Å². The maximum atomic E-state index is 12.5. The molecule has 0 saturated carbocycles. The zero-order valence-electron chi connectivity index (χ0n) is 16.6. The molecule has 2 aromatic rings. The Labute approximate surface area is 171 Å². The molecule has 7 heteroatoms. The number of hydrogen-bond donors (Lipinski definition) is 2. The molecule has 4 rings (SSSR count). The Morgan fingerprint density at radius 2 is 2.21 bits per heavy atom. The van der Waals surface area contributed by atoms with E-state index in [0.29, 0.717) is 18.0 Å². The van der Waals surface area contributed by atoms with Crippen LogP contribution in [0.5, 0.6) is 0 Å². The van der Waals surface area contributed by atoms with Crippen LogP contribution in [-0.4, -0.2) is 65.1 Å². The van der Waals surface area contributed by atoms with E-state index in [0.717, 1.165) is 51.3 Å². The van der Waals surface area contributed by atoms with Gasteiger partial charge in [-0.3, -0.25) is 9.69 Å². The van der Waals surface area contributed by atoms with Crippen molar-refractivity contribution in [2.45, 2.75) is 31.9 Å². The number of β-amino-alcohol motifs (C(OH)–C–C–N with tert-alkyl or cyclic N) is 1. The van der Waals surface area contributed by atoms with Gasteiger partial charge in [-0.2, -0.15) is 10.2 Å². The first-order chi connectivity index (χ1) is 14.2. The van der Waals surface area contributed by atoms with Crippen LogP contribution in [0.25, 0.3) is 0 Å².